The molecule has 3 aromatic rings. The van der Waals surface area contributed by atoms with Gasteiger partial charge in [-0.05, 0) is 30.3 Å². The fourth-order valence-electron chi connectivity index (χ4n) is 2.46. The Hall–Kier alpha value is -4.00. The molecule has 28 heavy (non-hydrogen) atoms. The molecule has 7 heteroatoms. The highest BCUT2D eigenvalue weighted by Crippen LogP contribution is 2.25. The highest BCUT2D eigenvalue weighted by Gasteiger charge is 2.16. The summed E-state index contributed by atoms with van der Waals surface area (Å²) in [6.07, 6.45) is 0. The quantitative estimate of drug-likeness (QED) is 0.204. The van der Waals surface area contributed by atoms with Gasteiger partial charge in [-0.3, -0.25) is 14.9 Å². The Labute approximate surface area is 160 Å². The van der Waals surface area contributed by atoms with Gasteiger partial charge in [-0.2, -0.15) is 0 Å². The minimum absolute atomic E-state index is 0.0201. The van der Waals surface area contributed by atoms with E-state index in [2.05, 4.69) is 0 Å². The van der Waals surface area contributed by atoms with E-state index in [1.807, 2.05) is 6.07 Å². The zero-order valence-corrected chi connectivity index (χ0v) is 14.6. The van der Waals surface area contributed by atoms with Crippen molar-refractivity contribution in [3.63, 3.8) is 0 Å². The normalized spacial score (nSPS) is 10.1. The lowest BCUT2D eigenvalue weighted by Crippen LogP contribution is -2.18. The third-order valence-electron chi connectivity index (χ3n) is 3.79. The van der Waals surface area contributed by atoms with Crippen molar-refractivity contribution in [3.8, 4) is 11.5 Å². The van der Waals surface area contributed by atoms with Gasteiger partial charge in [-0.1, -0.05) is 42.5 Å². The number of nitro groups is 1. The summed E-state index contributed by atoms with van der Waals surface area (Å²) in [6.45, 7) is -0.491. The number of hydrogen-bond donors (Lipinski definition) is 0. The van der Waals surface area contributed by atoms with E-state index >= 15 is 0 Å². The summed E-state index contributed by atoms with van der Waals surface area (Å²) in [5.74, 6) is -0.646. The minimum atomic E-state index is -0.722. The molecule has 0 aliphatic rings. The Bertz CT molecular complexity index is 999. The van der Waals surface area contributed by atoms with Crippen molar-refractivity contribution in [2.24, 2.45) is 0 Å². The number of ketones is 1. The molecule has 0 aliphatic carbocycles. The highest BCUT2D eigenvalue weighted by molar-refractivity contribution is 6.09. The summed E-state index contributed by atoms with van der Waals surface area (Å²) in [6, 6.07) is 20.7. The SMILES string of the molecule is O=C(COc1ccccc1[N+](=O)[O-])Oc1ccc(C(=O)c2ccccc2)cc1. The lowest BCUT2D eigenvalue weighted by Gasteiger charge is -2.08. The molecule has 0 unspecified atom stereocenters. The smallest absolute Gasteiger partial charge is 0.349 e. The van der Waals surface area contributed by atoms with Crippen LogP contribution in [0.3, 0.4) is 0 Å². The van der Waals surface area contributed by atoms with Crippen LogP contribution in [-0.2, 0) is 4.79 Å². The van der Waals surface area contributed by atoms with E-state index in [9.17, 15) is 19.7 Å². The summed E-state index contributed by atoms with van der Waals surface area (Å²) >= 11 is 0. The van der Waals surface area contributed by atoms with Crippen LogP contribution in [0.1, 0.15) is 15.9 Å². The largest absolute Gasteiger partial charge is 0.475 e. The molecule has 3 aromatic carbocycles. The van der Waals surface area contributed by atoms with Crippen LogP contribution >= 0.6 is 0 Å². The molecule has 0 N–H and O–H groups in total. The van der Waals surface area contributed by atoms with Crippen LogP contribution in [0.4, 0.5) is 5.69 Å². The highest BCUT2D eigenvalue weighted by atomic mass is 16.6. The van der Waals surface area contributed by atoms with Crippen LogP contribution in [0.5, 0.6) is 11.5 Å². The first-order valence-corrected chi connectivity index (χ1v) is 8.31. The molecule has 7 nitrogen and oxygen atoms in total. The summed E-state index contributed by atoms with van der Waals surface area (Å²) in [5.41, 5.74) is 0.784. The maximum Gasteiger partial charge on any atom is 0.349 e. The Morgan fingerprint density at radius 3 is 2.11 bits per heavy atom. The van der Waals surface area contributed by atoms with Crippen molar-refractivity contribution < 1.29 is 24.0 Å². The number of para-hydroxylation sites is 2. The first-order valence-electron chi connectivity index (χ1n) is 8.31. The Morgan fingerprint density at radius 2 is 1.43 bits per heavy atom. The van der Waals surface area contributed by atoms with Crippen molar-refractivity contribution in [1.29, 1.82) is 0 Å². The first-order chi connectivity index (χ1) is 13.5. The van der Waals surface area contributed by atoms with Gasteiger partial charge in [0.2, 0.25) is 0 Å². The number of nitro benzene ring substituents is 1. The molecule has 0 aromatic heterocycles. The van der Waals surface area contributed by atoms with E-state index in [0.717, 1.165) is 0 Å². The minimum Gasteiger partial charge on any atom is -0.475 e. The van der Waals surface area contributed by atoms with E-state index in [4.69, 9.17) is 9.47 Å². The monoisotopic (exact) mass is 377 g/mol. The summed E-state index contributed by atoms with van der Waals surface area (Å²) in [4.78, 5) is 34.6. The number of carbonyl (C=O) groups excluding carboxylic acids is 2. The van der Waals surface area contributed by atoms with Gasteiger partial charge in [0.15, 0.2) is 18.1 Å². The van der Waals surface area contributed by atoms with E-state index in [-0.39, 0.29) is 23.0 Å². The van der Waals surface area contributed by atoms with Crippen LogP contribution in [0.25, 0.3) is 0 Å². The van der Waals surface area contributed by atoms with Gasteiger partial charge in [-0.15, -0.1) is 0 Å². The van der Waals surface area contributed by atoms with Crippen LogP contribution in [0, 0.1) is 10.1 Å². The third kappa shape index (κ3) is 4.59. The third-order valence-corrected chi connectivity index (χ3v) is 3.79. The van der Waals surface area contributed by atoms with Crippen LogP contribution in [0.15, 0.2) is 78.9 Å². The summed E-state index contributed by atoms with van der Waals surface area (Å²) in [5, 5.41) is 10.9. The van der Waals surface area contributed by atoms with E-state index < -0.39 is 17.5 Å². The molecule has 0 heterocycles. The average molecular weight is 377 g/mol. The number of carbonyl (C=O) groups is 2. The molecule has 0 saturated carbocycles. The Morgan fingerprint density at radius 1 is 0.821 bits per heavy atom. The van der Waals surface area contributed by atoms with Crippen molar-refractivity contribution in [3.05, 3.63) is 100 Å². The van der Waals surface area contributed by atoms with Crippen molar-refractivity contribution in [1.82, 2.24) is 0 Å². The number of hydrogen-bond acceptors (Lipinski definition) is 6. The lowest BCUT2D eigenvalue weighted by molar-refractivity contribution is -0.385. The van der Waals surface area contributed by atoms with Crippen LogP contribution in [-0.4, -0.2) is 23.3 Å². The molecular formula is C21H15NO6. The van der Waals surface area contributed by atoms with Gasteiger partial charge in [-0.25, -0.2) is 4.79 Å². The predicted molar refractivity (Wildman–Crippen MR) is 101 cm³/mol. The molecular weight excluding hydrogens is 362 g/mol. The lowest BCUT2D eigenvalue weighted by atomic mass is 10.0. The molecule has 0 radical (unpaired) electrons. The average Bonchev–Trinajstić information content (AvgIpc) is 2.73. The number of rotatable bonds is 7. The van der Waals surface area contributed by atoms with Gasteiger partial charge in [0.1, 0.15) is 5.75 Å². The molecule has 0 amide bonds. The molecule has 140 valence electrons. The number of esters is 1. The second kappa shape index (κ2) is 8.59. The maximum atomic E-state index is 12.3. The van der Waals surface area contributed by atoms with Crippen molar-refractivity contribution in [2.45, 2.75) is 0 Å². The maximum absolute atomic E-state index is 12.3. The van der Waals surface area contributed by atoms with Crippen molar-refractivity contribution in [2.75, 3.05) is 6.61 Å². The van der Waals surface area contributed by atoms with Gasteiger partial charge < -0.3 is 9.47 Å². The molecule has 3 rings (SSSR count). The van der Waals surface area contributed by atoms with E-state index in [1.165, 1.54) is 30.3 Å². The fraction of sp³-hybridized carbons (Fsp3) is 0.0476. The molecule has 0 bridgehead atoms. The van der Waals surface area contributed by atoms with Gasteiger partial charge in [0, 0.05) is 17.2 Å². The second-order valence-electron chi connectivity index (χ2n) is 5.71. The number of nitrogens with zero attached hydrogens (tertiary/aromatic N) is 1. The molecule has 0 aliphatic heterocycles. The van der Waals surface area contributed by atoms with Gasteiger partial charge in [0.25, 0.3) is 0 Å². The van der Waals surface area contributed by atoms with Gasteiger partial charge >= 0.3 is 11.7 Å². The zero-order chi connectivity index (χ0) is 19.9. The van der Waals surface area contributed by atoms with Crippen LogP contribution in [0.2, 0.25) is 0 Å². The van der Waals surface area contributed by atoms with E-state index in [1.54, 1.807) is 42.5 Å². The Kier molecular flexibility index (Phi) is 5.76. The molecule has 0 fully saturated rings. The van der Waals surface area contributed by atoms with E-state index in [0.29, 0.717) is 11.1 Å². The standard InChI is InChI=1S/C21H15NO6/c23-20(14-27-19-9-5-4-8-18(19)22(25)26)28-17-12-10-16(11-13-17)21(24)15-6-2-1-3-7-15/h1-13H,14H2. The fourth-order valence-corrected chi connectivity index (χ4v) is 2.46. The van der Waals surface area contributed by atoms with Crippen LogP contribution < -0.4 is 9.47 Å². The van der Waals surface area contributed by atoms with Gasteiger partial charge in [0.05, 0.1) is 4.92 Å². The zero-order valence-electron chi connectivity index (χ0n) is 14.6. The Balaban J connectivity index is 1.59. The molecule has 0 spiro atoms. The molecule has 0 saturated heterocycles. The summed E-state index contributed by atoms with van der Waals surface area (Å²) < 4.78 is 10.3. The summed E-state index contributed by atoms with van der Waals surface area (Å²) in [7, 11) is 0. The topological polar surface area (TPSA) is 95.7 Å². The second-order valence-corrected chi connectivity index (χ2v) is 5.71. The molecule has 0 atom stereocenters. The van der Waals surface area contributed by atoms with Crippen molar-refractivity contribution >= 4 is 17.4 Å². The number of ether oxygens (including phenoxy) is 2. The first kappa shape index (κ1) is 18.8. The predicted octanol–water partition coefficient (Wildman–Crippen LogP) is 3.81. The number of benzene rings is 3.